The zero-order valence-electron chi connectivity index (χ0n) is 13.8. The van der Waals surface area contributed by atoms with E-state index in [0.29, 0.717) is 11.4 Å². The zero-order chi connectivity index (χ0) is 16.8. The van der Waals surface area contributed by atoms with Crippen LogP contribution in [-0.2, 0) is 0 Å². The summed E-state index contributed by atoms with van der Waals surface area (Å²) in [4.78, 5) is 2.05. The summed E-state index contributed by atoms with van der Waals surface area (Å²) in [6.07, 6.45) is 0. The van der Waals surface area contributed by atoms with Crippen LogP contribution in [0.25, 0.3) is 0 Å². The second kappa shape index (κ2) is 7.42. The van der Waals surface area contributed by atoms with Crippen molar-refractivity contribution in [1.29, 1.82) is 0 Å². The van der Waals surface area contributed by atoms with Gasteiger partial charge in [0.25, 0.3) is 0 Å². The maximum absolute atomic E-state index is 5.96. The van der Waals surface area contributed by atoms with Crippen LogP contribution >= 0.6 is 0 Å². The van der Waals surface area contributed by atoms with Gasteiger partial charge in [0.05, 0.1) is 5.69 Å². The molecule has 3 aromatic rings. The molecular formula is C20H19N3O. The molecule has 0 bridgehead atoms. The van der Waals surface area contributed by atoms with Crippen molar-refractivity contribution in [2.24, 2.45) is 10.2 Å². The first-order chi connectivity index (χ1) is 11.7. The zero-order valence-corrected chi connectivity index (χ0v) is 13.8. The standard InChI is InChI=1S/C20H19N3O/c1-23(2)17-12-14-18(15-13-17)24-20-11-7-6-10-19(20)22-21-16-8-4-3-5-9-16/h3-15H,1-2H3. The Morgan fingerprint density at radius 3 is 2.08 bits per heavy atom. The Bertz CT molecular complexity index is 812. The van der Waals surface area contributed by atoms with E-state index in [1.807, 2.05) is 97.9 Å². The van der Waals surface area contributed by atoms with Crippen LogP contribution in [0.3, 0.4) is 0 Å². The summed E-state index contributed by atoms with van der Waals surface area (Å²) >= 11 is 0. The van der Waals surface area contributed by atoms with Crippen LogP contribution in [0, 0.1) is 0 Å². The highest BCUT2D eigenvalue weighted by Gasteiger charge is 2.04. The summed E-state index contributed by atoms with van der Waals surface area (Å²) in [5, 5.41) is 8.56. The molecule has 0 amide bonds. The molecule has 0 aliphatic carbocycles. The van der Waals surface area contributed by atoms with Gasteiger partial charge in [0.15, 0.2) is 5.75 Å². The van der Waals surface area contributed by atoms with E-state index in [-0.39, 0.29) is 0 Å². The molecule has 4 nitrogen and oxygen atoms in total. The lowest BCUT2D eigenvalue weighted by molar-refractivity contribution is 0.483. The number of para-hydroxylation sites is 1. The van der Waals surface area contributed by atoms with Crippen molar-refractivity contribution >= 4 is 17.1 Å². The number of anilines is 1. The lowest BCUT2D eigenvalue weighted by Crippen LogP contribution is -2.07. The van der Waals surface area contributed by atoms with Crippen molar-refractivity contribution in [3.8, 4) is 11.5 Å². The molecule has 0 aliphatic rings. The third-order valence-electron chi connectivity index (χ3n) is 3.48. The Labute approximate surface area is 142 Å². The molecule has 0 unspecified atom stereocenters. The molecule has 24 heavy (non-hydrogen) atoms. The molecule has 0 spiro atoms. The molecule has 3 aromatic carbocycles. The van der Waals surface area contributed by atoms with E-state index in [4.69, 9.17) is 4.74 Å². The number of hydrogen-bond acceptors (Lipinski definition) is 4. The van der Waals surface area contributed by atoms with E-state index >= 15 is 0 Å². The molecule has 0 N–H and O–H groups in total. The Hall–Kier alpha value is -3.14. The van der Waals surface area contributed by atoms with Gasteiger partial charge in [0.2, 0.25) is 0 Å². The van der Waals surface area contributed by atoms with Gasteiger partial charge in [0.1, 0.15) is 11.4 Å². The minimum Gasteiger partial charge on any atom is -0.455 e. The van der Waals surface area contributed by atoms with E-state index < -0.39 is 0 Å². The second-order valence-electron chi connectivity index (χ2n) is 5.49. The Balaban J connectivity index is 1.80. The van der Waals surface area contributed by atoms with Gasteiger partial charge < -0.3 is 9.64 Å². The fraction of sp³-hybridized carbons (Fsp3) is 0.100. The highest BCUT2D eigenvalue weighted by Crippen LogP contribution is 2.33. The molecule has 0 atom stereocenters. The maximum Gasteiger partial charge on any atom is 0.154 e. The highest BCUT2D eigenvalue weighted by atomic mass is 16.5. The van der Waals surface area contributed by atoms with Crippen LogP contribution in [0.1, 0.15) is 0 Å². The number of ether oxygens (including phenoxy) is 1. The Kier molecular flexibility index (Phi) is 4.87. The van der Waals surface area contributed by atoms with Crippen molar-refractivity contribution in [3.05, 3.63) is 78.9 Å². The van der Waals surface area contributed by atoms with Crippen molar-refractivity contribution in [3.63, 3.8) is 0 Å². The number of azo groups is 1. The van der Waals surface area contributed by atoms with Crippen LogP contribution in [-0.4, -0.2) is 14.1 Å². The van der Waals surface area contributed by atoms with Gasteiger partial charge in [0, 0.05) is 19.8 Å². The van der Waals surface area contributed by atoms with Gasteiger partial charge in [-0.2, -0.15) is 5.11 Å². The topological polar surface area (TPSA) is 37.2 Å². The number of benzene rings is 3. The minimum atomic E-state index is 0.676. The Morgan fingerprint density at radius 2 is 1.38 bits per heavy atom. The molecule has 0 aliphatic heterocycles. The average molecular weight is 317 g/mol. The van der Waals surface area contributed by atoms with E-state index in [1.165, 1.54) is 0 Å². The summed E-state index contributed by atoms with van der Waals surface area (Å²) in [5.74, 6) is 1.44. The van der Waals surface area contributed by atoms with Gasteiger partial charge >= 0.3 is 0 Å². The lowest BCUT2D eigenvalue weighted by Gasteiger charge is -2.13. The monoisotopic (exact) mass is 317 g/mol. The number of rotatable bonds is 5. The predicted molar refractivity (Wildman–Crippen MR) is 97.9 cm³/mol. The van der Waals surface area contributed by atoms with Crippen LogP contribution in [0.5, 0.6) is 11.5 Å². The Morgan fingerprint density at radius 1 is 0.708 bits per heavy atom. The predicted octanol–water partition coefficient (Wildman–Crippen LogP) is 5.96. The largest absolute Gasteiger partial charge is 0.455 e. The molecule has 4 heteroatoms. The summed E-state index contributed by atoms with van der Waals surface area (Å²) in [7, 11) is 4.02. The molecule has 0 radical (unpaired) electrons. The van der Waals surface area contributed by atoms with E-state index in [2.05, 4.69) is 10.2 Å². The van der Waals surface area contributed by atoms with Gasteiger partial charge in [-0.15, -0.1) is 5.11 Å². The number of nitrogens with zero attached hydrogens (tertiary/aromatic N) is 3. The average Bonchev–Trinajstić information content (AvgIpc) is 2.62. The normalized spacial score (nSPS) is 10.8. The summed E-state index contributed by atoms with van der Waals surface area (Å²) < 4.78 is 5.96. The fourth-order valence-electron chi connectivity index (χ4n) is 2.17. The summed E-state index contributed by atoms with van der Waals surface area (Å²) in [6.45, 7) is 0. The highest BCUT2D eigenvalue weighted by molar-refractivity contribution is 5.54. The quantitative estimate of drug-likeness (QED) is 0.544. The molecule has 0 aromatic heterocycles. The minimum absolute atomic E-state index is 0.676. The maximum atomic E-state index is 5.96. The first kappa shape index (κ1) is 15.7. The van der Waals surface area contributed by atoms with Crippen LogP contribution < -0.4 is 9.64 Å². The molecular weight excluding hydrogens is 298 g/mol. The first-order valence-electron chi connectivity index (χ1n) is 7.73. The van der Waals surface area contributed by atoms with E-state index in [1.54, 1.807) is 0 Å². The van der Waals surface area contributed by atoms with Gasteiger partial charge in [-0.3, -0.25) is 0 Å². The van der Waals surface area contributed by atoms with Gasteiger partial charge in [-0.05, 0) is 48.5 Å². The molecule has 0 saturated carbocycles. The summed E-state index contributed by atoms with van der Waals surface area (Å²) in [5.41, 5.74) is 2.63. The fourth-order valence-corrected chi connectivity index (χ4v) is 2.17. The smallest absolute Gasteiger partial charge is 0.154 e. The third-order valence-corrected chi connectivity index (χ3v) is 3.48. The van der Waals surface area contributed by atoms with Crippen molar-refractivity contribution in [2.45, 2.75) is 0 Å². The van der Waals surface area contributed by atoms with E-state index in [0.717, 1.165) is 17.1 Å². The van der Waals surface area contributed by atoms with Crippen LogP contribution in [0.15, 0.2) is 89.1 Å². The third kappa shape index (κ3) is 3.98. The molecule has 0 heterocycles. The van der Waals surface area contributed by atoms with Gasteiger partial charge in [-0.1, -0.05) is 30.3 Å². The van der Waals surface area contributed by atoms with Crippen molar-refractivity contribution in [2.75, 3.05) is 19.0 Å². The van der Waals surface area contributed by atoms with Crippen molar-refractivity contribution < 1.29 is 4.74 Å². The van der Waals surface area contributed by atoms with Crippen LogP contribution in [0.4, 0.5) is 17.1 Å². The van der Waals surface area contributed by atoms with E-state index in [9.17, 15) is 0 Å². The second-order valence-corrected chi connectivity index (χ2v) is 5.49. The lowest BCUT2D eigenvalue weighted by atomic mass is 10.2. The van der Waals surface area contributed by atoms with Crippen molar-refractivity contribution in [1.82, 2.24) is 0 Å². The first-order valence-corrected chi connectivity index (χ1v) is 7.73. The number of hydrogen-bond donors (Lipinski definition) is 0. The van der Waals surface area contributed by atoms with Gasteiger partial charge in [-0.25, -0.2) is 0 Å². The SMILES string of the molecule is CN(C)c1ccc(Oc2ccccc2N=Nc2ccccc2)cc1. The van der Waals surface area contributed by atoms with Crippen LogP contribution in [0.2, 0.25) is 0 Å². The molecule has 120 valence electrons. The molecule has 0 fully saturated rings. The summed E-state index contributed by atoms with van der Waals surface area (Å²) in [6, 6.07) is 25.2. The molecule has 0 saturated heterocycles. The molecule has 3 rings (SSSR count).